The Labute approximate surface area is 160 Å². The molecule has 160 valence electrons. The Morgan fingerprint density at radius 1 is 1.11 bits per heavy atom. The van der Waals surface area contributed by atoms with Crippen LogP contribution in [0.25, 0.3) is 0 Å². The van der Waals surface area contributed by atoms with Gasteiger partial charge in [0, 0.05) is 19.2 Å². The van der Waals surface area contributed by atoms with Crippen LogP contribution in [-0.2, 0) is 21.8 Å². The van der Waals surface area contributed by atoms with Crippen LogP contribution in [0.5, 0.6) is 0 Å². The minimum atomic E-state index is -4.87. The summed E-state index contributed by atoms with van der Waals surface area (Å²) < 4.78 is 88.8. The van der Waals surface area contributed by atoms with Gasteiger partial charge in [-0.3, -0.25) is 0 Å². The summed E-state index contributed by atoms with van der Waals surface area (Å²) in [5.74, 6) is 0.369. The summed E-state index contributed by atoms with van der Waals surface area (Å²) >= 11 is 0. The average Bonchev–Trinajstić information content (AvgIpc) is 2.60. The van der Waals surface area contributed by atoms with E-state index >= 15 is 0 Å². The molecule has 1 aromatic rings. The van der Waals surface area contributed by atoms with Crippen molar-refractivity contribution in [2.45, 2.75) is 50.7 Å². The number of hydrogen-bond donors (Lipinski definition) is 1. The molecule has 1 aliphatic rings. The van der Waals surface area contributed by atoms with Crippen molar-refractivity contribution in [3.05, 3.63) is 34.9 Å². The van der Waals surface area contributed by atoms with Gasteiger partial charge in [-0.1, -0.05) is 0 Å². The molecule has 9 heteroatoms. The smallest absolute Gasteiger partial charge is 0.384 e. The molecule has 0 saturated carbocycles. The van der Waals surface area contributed by atoms with Gasteiger partial charge in [0.05, 0.1) is 30.4 Å². The Bertz CT molecular complexity index is 619. The molecule has 0 spiro atoms. The SMILES string of the molecule is COCC1CC[C@](C)(CO[C@H](C)c2cc(C(F)(F)F)cc(C(F)(F)F)c2)NC1. The number of nitrogens with one attached hydrogen (secondary N) is 1. The number of methoxy groups -OCH3 is 1. The summed E-state index contributed by atoms with van der Waals surface area (Å²) in [6.07, 6.45) is -8.99. The Hall–Kier alpha value is -1.32. The van der Waals surface area contributed by atoms with Crippen LogP contribution in [0.2, 0.25) is 0 Å². The van der Waals surface area contributed by atoms with Crippen molar-refractivity contribution in [2.75, 3.05) is 26.9 Å². The zero-order chi connectivity index (χ0) is 21.2. The second-order valence-corrected chi connectivity index (χ2v) is 7.59. The van der Waals surface area contributed by atoms with Crippen LogP contribution >= 0.6 is 0 Å². The molecule has 1 N–H and O–H groups in total. The maximum Gasteiger partial charge on any atom is 0.416 e. The second-order valence-electron chi connectivity index (χ2n) is 7.59. The highest BCUT2D eigenvalue weighted by Gasteiger charge is 2.38. The number of piperidine rings is 1. The molecule has 28 heavy (non-hydrogen) atoms. The standard InChI is InChI=1S/C19H25F6NO2/c1-12(28-11-17(2)5-4-13(9-26-17)10-27-3)14-6-15(18(20,21)22)8-16(7-14)19(23,24)25/h6-8,12-13,26H,4-5,9-11H2,1-3H3/t12-,13?,17-/m1/s1. The van der Waals surface area contributed by atoms with Gasteiger partial charge in [0.15, 0.2) is 0 Å². The van der Waals surface area contributed by atoms with Crippen LogP contribution in [0.1, 0.15) is 49.5 Å². The largest absolute Gasteiger partial charge is 0.416 e. The molecule has 3 atom stereocenters. The van der Waals surface area contributed by atoms with Crippen molar-refractivity contribution in [1.29, 1.82) is 0 Å². The van der Waals surface area contributed by atoms with E-state index in [1.165, 1.54) is 6.92 Å². The van der Waals surface area contributed by atoms with Crippen molar-refractivity contribution < 1.29 is 35.8 Å². The molecular weight excluding hydrogens is 388 g/mol. The number of ether oxygens (including phenoxy) is 2. The molecular formula is C19H25F6NO2. The molecule has 1 aliphatic heterocycles. The van der Waals surface area contributed by atoms with Crippen LogP contribution < -0.4 is 5.32 Å². The lowest BCUT2D eigenvalue weighted by molar-refractivity contribution is -0.143. The maximum atomic E-state index is 13.0. The lowest BCUT2D eigenvalue weighted by Crippen LogP contribution is -2.52. The molecule has 3 nitrogen and oxygen atoms in total. The van der Waals surface area contributed by atoms with E-state index in [0.29, 0.717) is 31.2 Å². The number of halogens is 6. The molecule has 0 bridgehead atoms. The van der Waals surface area contributed by atoms with E-state index in [0.717, 1.165) is 12.8 Å². The van der Waals surface area contributed by atoms with Gasteiger partial charge < -0.3 is 14.8 Å². The predicted octanol–water partition coefficient (Wildman–Crippen LogP) is 5.21. The topological polar surface area (TPSA) is 30.5 Å². The summed E-state index contributed by atoms with van der Waals surface area (Å²) in [7, 11) is 1.63. The zero-order valence-corrected chi connectivity index (χ0v) is 16.0. The fourth-order valence-corrected chi connectivity index (χ4v) is 3.22. The van der Waals surface area contributed by atoms with E-state index in [9.17, 15) is 26.3 Å². The van der Waals surface area contributed by atoms with E-state index < -0.39 is 35.1 Å². The monoisotopic (exact) mass is 413 g/mol. The molecule has 0 amide bonds. The van der Waals surface area contributed by atoms with Gasteiger partial charge >= 0.3 is 12.4 Å². The highest BCUT2D eigenvalue weighted by Crippen LogP contribution is 2.38. The fourth-order valence-electron chi connectivity index (χ4n) is 3.22. The Kier molecular flexibility index (Phi) is 7.04. The van der Waals surface area contributed by atoms with Gasteiger partial charge in [0.25, 0.3) is 0 Å². The molecule has 1 unspecified atom stereocenters. The predicted molar refractivity (Wildman–Crippen MR) is 91.8 cm³/mol. The molecule has 0 aromatic heterocycles. The number of alkyl halides is 6. The Morgan fingerprint density at radius 2 is 1.68 bits per heavy atom. The minimum Gasteiger partial charge on any atom is -0.384 e. The first kappa shape index (κ1) is 23.0. The van der Waals surface area contributed by atoms with Gasteiger partial charge in [-0.05, 0) is 56.4 Å². The average molecular weight is 413 g/mol. The normalized spacial score (nSPS) is 25.0. The third kappa shape index (κ3) is 6.09. The molecule has 0 radical (unpaired) electrons. The van der Waals surface area contributed by atoms with Crippen LogP contribution in [-0.4, -0.2) is 32.4 Å². The van der Waals surface area contributed by atoms with Crippen LogP contribution in [0.3, 0.4) is 0 Å². The summed E-state index contributed by atoms with van der Waals surface area (Å²) in [5.41, 5.74) is -3.22. The lowest BCUT2D eigenvalue weighted by Gasteiger charge is -2.39. The first-order chi connectivity index (χ1) is 12.8. The minimum absolute atomic E-state index is 0.121. The Morgan fingerprint density at radius 3 is 2.11 bits per heavy atom. The summed E-state index contributed by atoms with van der Waals surface area (Å²) in [4.78, 5) is 0. The fraction of sp³-hybridized carbons (Fsp3) is 0.684. The third-order valence-electron chi connectivity index (χ3n) is 5.06. The van der Waals surface area contributed by atoms with Crippen molar-refractivity contribution in [2.24, 2.45) is 5.92 Å². The molecule has 1 heterocycles. The van der Waals surface area contributed by atoms with E-state index in [-0.39, 0.29) is 18.2 Å². The van der Waals surface area contributed by atoms with Gasteiger partial charge in [0.1, 0.15) is 0 Å². The van der Waals surface area contributed by atoms with E-state index in [1.54, 1.807) is 7.11 Å². The summed E-state index contributed by atoms with van der Waals surface area (Å²) in [5, 5.41) is 3.34. The van der Waals surface area contributed by atoms with Crippen molar-refractivity contribution >= 4 is 0 Å². The number of hydrogen-bond acceptors (Lipinski definition) is 3. The maximum absolute atomic E-state index is 13.0. The molecule has 2 rings (SSSR count). The summed E-state index contributed by atoms with van der Waals surface area (Å²) in [6, 6.07) is 1.55. The second kappa shape index (κ2) is 8.59. The molecule has 1 fully saturated rings. The molecule has 1 saturated heterocycles. The van der Waals surface area contributed by atoms with Gasteiger partial charge in [-0.15, -0.1) is 0 Å². The molecule has 0 aliphatic carbocycles. The van der Waals surface area contributed by atoms with Crippen molar-refractivity contribution in [3.8, 4) is 0 Å². The van der Waals surface area contributed by atoms with Gasteiger partial charge in [0.2, 0.25) is 0 Å². The van der Waals surface area contributed by atoms with Crippen LogP contribution in [0.15, 0.2) is 18.2 Å². The third-order valence-corrected chi connectivity index (χ3v) is 5.06. The first-order valence-corrected chi connectivity index (χ1v) is 8.99. The molecule has 1 aromatic carbocycles. The van der Waals surface area contributed by atoms with Crippen molar-refractivity contribution in [3.63, 3.8) is 0 Å². The van der Waals surface area contributed by atoms with Crippen LogP contribution in [0.4, 0.5) is 26.3 Å². The zero-order valence-electron chi connectivity index (χ0n) is 16.0. The lowest BCUT2D eigenvalue weighted by atomic mass is 9.86. The van der Waals surface area contributed by atoms with Gasteiger partial charge in [-0.2, -0.15) is 26.3 Å². The van der Waals surface area contributed by atoms with Crippen LogP contribution in [0, 0.1) is 5.92 Å². The van der Waals surface area contributed by atoms with Gasteiger partial charge in [-0.25, -0.2) is 0 Å². The highest BCUT2D eigenvalue weighted by molar-refractivity contribution is 5.34. The first-order valence-electron chi connectivity index (χ1n) is 8.99. The van der Waals surface area contributed by atoms with Crippen molar-refractivity contribution in [1.82, 2.24) is 5.32 Å². The quantitative estimate of drug-likeness (QED) is 0.650. The Balaban J connectivity index is 2.10. The summed E-state index contributed by atoms with van der Waals surface area (Å²) in [6.45, 7) is 4.89. The highest BCUT2D eigenvalue weighted by atomic mass is 19.4. The van der Waals surface area contributed by atoms with E-state index in [1.807, 2.05) is 6.92 Å². The van der Waals surface area contributed by atoms with E-state index in [2.05, 4.69) is 5.32 Å². The number of benzene rings is 1. The van der Waals surface area contributed by atoms with E-state index in [4.69, 9.17) is 9.47 Å². The number of rotatable bonds is 6.